The highest BCUT2D eigenvalue weighted by atomic mass is 16.2. The zero-order valence-corrected chi connectivity index (χ0v) is 16.4. The summed E-state index contributed by atoms with van der Waals surface area (Å²) in [4.78, 5) is 34.7. The van der Waals surface area contributed by atoms with E-state index in [-0.39, 0.29) is 18.4 Å². The Balaban J connectivity index is 1.43. The number of benzene rings is 2. The van der Waals surface area contributed by atoms with Gasteiger partial charge in [0.2, 0.25) is 11.8 Å². The van der Waals surface area contributed by atoms with Gasteiger partial charge in [0.25, 0.3) is 5.91 Å². The Morgan fingerprint density at radius 3 is 2.37 bits per heavy atom. The number of rotatable bonds is 9. The van der Waals surface area contributed by atoms with Gasteiger partial charge in [0.05, 0.1) is 18.4 Å². The monoisotopic (exact) mass is 405 g/mol. The van der Waals surface area contributed by atoms with Crippen LogP contribution < -0.4 is 16.4 Å². The lowest BCUT2D eigenvalue weighted by Crippen LogP contribution is -2.33. The van der Waals surface area contributed by atoms with Crippen LogP contribution in [0.2, 0.25) is 0 Å². The zero-order valence-electron chi connectivity index (χ0n) is 16.4. The molecule has 4 N–H and O–H groups in total. The molecule has 0 spiro atoms. The van der Waals surface area contributed by atoms with Gasteiger partial charge in [-0.25, -0.2) is 4.68 Å². The average Bonchev–Trinajstić information content (AvgIpc) is 3.24. The minimum atomic E-state index is -0.602. The van der Waals surface area contributed by atoms with Crippen molar-refractivity contribution >= 4 is 17.7 Å². The number of para-hydroxylation sites is 1. The second-order valence-electron chi connectivity index (χ2n) is 6.75. The van der Waals surface area contributed by atoms with E-state index < -0.39 is 5.91 Å². The van der Waals surface area contributed by atoms with Crippen molar-refractivity contribution in [2.75, 3.05) is 6.54 Å². The number of carbonyl (C=O) groups is 3. The minimum absolute atomic E-state index is 0.0641. The zero-order chi connectivity index (χ0) is 21.3. The first-order valence-corrected chi connectivity index (χ1v) is 9.52. The quantitative estimate of drug-likeness (QED) is 0.498. The van der Waals surface area contributed by atoms with Gasteiger partial charge in [-0.3, -0.25) is 14.4 Å². The molecule has 0 aliphatic rings. The third kappa shape index (κ3) is 6.03. The van der Waals surface area contributed by atoms with Crippen LogP contribution in [0, 0.1) is 0 Å². The van der Waals surface area contributed by atoms with E-state index in [1.165, 1.54) is 0 Å². The van der Waals surface area contributed by atoms with Crippen LogP contribution in [-0.4, -0.2) is 34.0 Å². The minimum Gasteiger partial charge on any atom is -0.368 e. The molecule has 3 aromatic rings. The maximum atomic E-state index is 12.1. The van der Waals surface area contributed by atoms with Gasteiger partial charge in [-0.15, -0.1) is 0 Å². The number of hydrogen-bond acceptors (Lipinski definition) is 4. The molecule has 0 fully saturated rings. The molecular formula is C22H23N5O3. The molecule has 154 valence electrons. The predicted octanol–water partition coefficient (Wildman–Crippen LogP) is 1.34. The van der Waals surface area contributed by atoms with Gasteiger partial charge in [0, 0.05) is 24.7 Å². The number of nitrogens with two attached hydrogens (primary N) is 1. The fourth-order valence-electron chi connectivity index (χ4n) is 2.80. The first-order valence-electron chi connectivity index (χ1n) is 9.52. The number of nitrogens with zero attached hydrogens (tertiary/aromatic N) is 2. The van der Waals surface area contributed by atoms with E-state index in [1.54, 1.807) is 35.1 Å². The van der Waals surface area contributed by atoms with Crippen LogP contribution in [0.1, 0.15) is 27.9 Å². The number of hydrogen-bond donors (Lipinski definition) is 3. The summed E-state index contributed by atoms with van der Waals surface area (Å²) < 4.78 is 1.79. The van der Waals surface area contributed by atoms with Gasteiger partial charge in [-0.05, 0) is 41.8 Å². The molecule has 2 aromatic carbocycles. The summed E-state index contributed by atoms with van der Waals surface area (Å²) in [7, 11) is 0. The highest BCUT2D eigenvalue weighted by Gasteiger charge is 2.08. The Hall–Kier alpha value is -3.94. The first kappa shape index (κ1) is 20.8. The van der Waals surface area contributed by atoms with E-state index in [0.29, 0.717) is 24.9 Å². The highest BCUT2D eigenvalue weighted by Crippen LogP contribution is 2.09. The van der Waals surface area contributed by atoms with Crippen LogP contribution in [-0.2, 0) is 22.6 Å². The van der Waals surface area contributed by atoms with E-state index in [9.17, 15) is 14.4 Å². The van der Waals surface area contributed by atoms with Gasteiger partial charge in [-0.2, -0.15) is 5.10 Å². The standard InChI is InChI=1S/C22H23N5O3/c23-20(28)14-25-22(30)18-9-6-16(7-10-18)12-24-21(29)11-8-17-13-26-27(15-17)19-4-2-1-3-5-19/h1-7,9-10,13,15H,8,11-12,14H2,(H2,23,28)(H,24,29)(H,25,30). The number of nitrogens with one attached hydrogen (secondary N) is 2. The second-order valence-corrected chi connectivity index (χ2v) is 6.75. The Labute approximate surface area is 174 Å². The van der Waals surface area contributed by atoms with Gasteiger partial charge in [0.15, 0.2) is 0 Å². The lowest BCUT2D eigenvalue weighted by Gasteiger charge is -2.07. The second kappa shape index (κ2) is 10.0. The van der Waals surface area contributed by atoms with E-state index in [0.717, 1.165) is 16.8 Å². The van der Waals surface area contributed by atoms with Crippen LogP contribution in [0.3, 0.4) is 0 Å². The molecule has 0 radical (unpaired) electrons. The maximum absolute atomic E-state index is 12.1. The summed E-state index contributed by atoms with van der Waals surface area (Å²) in [5.74, 6) is -1.04. The van der Waals surface area contributed by atoms with Gasteiger partial charge in [0.1, 0.15) is 0 Å². The van der Waals surface area contributed by atoms with Crippen molar-refractivity contribution in [3.05, 3.63) is 83.7 Å². The topological polar surface area (TPSA) is 119 Å². The van der Waals surface area contributed by atoms with Crippen molar-refractivity contribution in [1.82, 2.24) is 20.4 Å². The summed E-state index contributed by atoms with van der Waals surface area (Å²) in [6, 6.07) is 16.6. The molecule has 8 nitrogen and oxygen atoms in total. The molecule has 1 heterocycles. The number of primary amides is 1. The van der Waals surface area contributed by atoms with Crippen molar-refractivity contribution in [2.24, 2.45) is 5.73 Å². The Morgan fingerprint density at radius 2 is 1.67 bits per heavy atom. The molecule has 0 atom stereocenters. The number of carbonyl (C=O) groups excluding carboxylic acids is 3. The summed E-state index contributed by atoms with van der Waals surface area (Å²) in [6.45, 7) is 0.159. The Kier molecular flexibility index (Phi) is 6.94. The Bertz CT molecular complexity index is 1010. The summed E-state index contributed by atoms with van der Waals surface area (Å²) >= 11 is 0. The molecule has 0 saturated heterocycles. The predicted molar refractivity (Wildman–Crippen MR) is 112 cm³/mol. The number of aryl methyl sites for hydroxylation is 1. The third-order valence-electron chi connectivity index (χ3n) is 4.43. The third-order valence-corrected chi connectivity index (χ3v) is 4.43. The van der Waals surface area contributed by atoms with Crippen LogP contribution >= 0.6 is 0 Å². The normalized spacial score (nSPS) is 10.4. The van der Waals surface area contributed by atoms with E-state index in [1.807, 2.05) is 36.5 Å². The average molecular weight is 405 g/mol. The maximum Gasteiger partial charge on any atom is 0.251 e. The highest BCUT2D eigenvalue weighted by molar-refractivity contribution is 5.96. The lowest BCUT2D eigenvalue weighted by molar-refractivity contribution is -0.121. The SMILES string of the molecule is NC(=O)CNC(=O)c1ccc(CNC(=O)CCc2cnn(-c3ccccc3)c2)cc1. The molecule has 30 heavy (non-hydrogen) atoms. The first-order chi connectivity index (χ1) is 14.5. The molecule has 8 heteroatoms. The summed E-state index contributed by atoms with van der Waals surface area (Å²) in [6.07, 6.45) is 4.64. The van der Waals surface area contributed by atoms with E-state index in [4.69, 9.17) is 5.73 Å². The smallest absolute Gasteiger partial charge is 0.251 e. The van der Waals surface area contributed by atoms with Crippen LogP contribution in [0.15, 0.2) is 67.0 Å². The van der Waals surface area contributed by atoms with Crippen molar-refractivity contribution in [2.45, 2.75) is 19.4 Å². The van der Waals surface area contributed by atoms with Crippen LogP contribution in [0.25, 0.3) is 5.69 Å². The number of amides is 3. The molecular weight excluding hydrogens is 382 g/mol. The van der Waals surface area contributed by atoms with Crippen molar-refractivity contribution in [1.29, 1.82) is 0 Å². The fraction of sp³-hybridized carbons (Fsp3) is 0.182. The van der Waals surface area contributed by atoms with E-state index in [2.05, 4.69) is 15.7 Å². The van der Waals surface area contributed by atoms with Crippen LogP contribution in [0.4, 0.5) is 0 Å². The van der Waals surface area contributed by atoms with Gasteiger partial charge < -0.3 is 16.4 Å². The molecule has 3 rings (SSSR count). The van der Waals surface area contributed by atoms with Crippen molar-refractivity contribution in [3.8, 4) is 5.69 Å². The van der Waals surface area contributed by atoms with Crippen molar-refractivity contribution in [3.63, 3.8) is 0 Å². The molecule has 1 aromatic heterocycles. The summed E-state index contributed by atoms with van der Waals surface area (Å²) in [5.41, 5.74) is 8.25. The molecule has 0 bridgehead atoms. The molecule has 0 saturated carbocycles. The Morgan fingerprint density at radius 1 is 0.933 bits per heavy atom. The van der Waals surface area contributed by atoms with Gasteiger partial charge in [-0.1, -0.05) is 30.3 Å². The number of aromatic nitrogens is 2. The summed E-state index contributed by atoms with van der Waals surface area (Å²) in [5, 5.41) is 9.62. The fourth-order valence-corrected chi connectivity index (χ4v) is 2.80. The van der Waals surface area contributed by atoms with Crippen LogP contribution in [0.5, 0.6) is 0 Å². The molecule has 0 unspecified atom stereocenters. The van der Waals surface area contributed by atoms with Gasteiger partial charge >= 0.3 is 0 Å². The van der Waals surface area contributed by atoms with Crippen molar-refractivity contribution < 1.29 is 14.4 Å². The molecule has 0 aliphatic carbocycles. The largest absolute Gasteiger partial charge is 0.368 e. The van der Waals surface area contributed by atoms with E-state index >= 15 is 0 Å². The molecule has 0 aliphatic heterocycles. The molecule has 3 amide bonds. The lowest BCUT2D eigenvalue weighted by atomic mass is 10.1.